The van der Waals surface area contributed by atoms with Crippen molar-refractivity contribution in [2.45, 2.75) is 0 Å². The molecule has 0 saturated carbocycles. The summed E-state index contributed by atoms with van der Waals surface area (Å²) in [5.41, 5.74) is 6.15. The average Bonchev–Trinajstić information content (AvgIpc) is 3.11. The first kappa shape index (κ1) is 18.8. The molecule has 0 unspecified atom stereocenters. The standard InChI is InChI=1S/C20H14ClFN2O2S/c21-13-3-1-12(2-4-13)18-9-6-15(27-18)7-10-19(25)24-14-5-8-17(22)16(11-14)20(23)26/h1-11H,(H2,23,26)(H,24,25)/b10-7+. The number of nitrogens with two attached hydrogens (primary N) is 1. The second kappa shape index (κ2) is 8.16. The Kier molecular flexibility index (Phi) is 5.69. The first-order chi connectivity index (χ1) is 12.9. The van der Waals surface area contributed by atoms with E-state index in [1.807, 2.05) is 36.4 Å². The van der Waals surface area contributed by atoms with Crippen molar-refractivity contribution in [3.05, 3.63) is 82.0 Å². The molecule has 7 heteroatoms. The molecular weight excluding hydrogens is 387 g/mol. The lowest BCUT2D eigenvalue weighted by Gasteiger charge is -2.04. The van der Waals surface area contributed by atoms with Crippen molar-refractivity contribution in [2.24, 2.45) is 5.73 Å². The summed E-state index contributed by atoms with van der Waals surface area (Å²) in [6, 6.07) is 15.0. The molecule has 0 fully saturated rings. The van der Waals surface area contributed by atoms with Crippen LogP contribution in [0.15, 0.2) is 60.7 Å². The molecule has 0 radical (unpaired) electrons. The minimum Gasteiger partial charge on any atom is -0.366 e. The molecular formula is C20H14ClFN2O2S. The highest BCUT2D eigenvalue weighted by atomic mass is 35.5. The van der Waals surface area contributed by atoms with E-state index in [0.29, 0.717) is 5.02 Å². The molecule has 0 aliphatic rings. The van der Waals surface area contributed by atoms with Crippen molar-refractivity contribution < 1.29 is 14.0 Å². The van der Waals surface area contributed by atoms with Crippen LogP contribution in [-0.4, -0.2) is 11.8 Å². The van der Waals surface area contributed by atoms with E-state index in [4.69, 9.17) is 17.3 Å². The third-order valence-corrected chi connectivity index (χ3v) is 5.01. The van der Waals surface area contributed by atoms with Gasteiger partial charge in [0.05, 0.1) is 5.56 Å². The predicted octanol–water partition coefficient (Wildman–Crippen LogP) is 4.96. The zero-order valence-corrected chi connectivity index (χ0v) is 15.5. The Hall–Kier alpha value is -2.96. The fraction of sp³-hybridized carbons (Fsp3) is 0. The molecule has 3 N–H and O–H groups in total. The van der Waals surface area contributed by atoms with E-state index in [1.165, 1.54) is 29.5 Å². The van der Waals surface area contributed by atoms with Crippen molar-refractivity contribution in [1.29, 1.82) is 0 Å². The number of rotatable bonds is 5. The number of hydrogen-bond donors (Lipinski definition) is 2. The summed E-state index contributed by atoms with van der Waals surface area (Å²) in [6.07, 6.45) is 3.04. The van der Waals surface area contributed by atoms with Crippen LogP contribution < -0.4 is 11.1 Å². The maximum Gasteiger partial charge on any atom is 0.251 e. The Morgan fingerprint density at radius 1 is 1.07 bits per heavy atom. The van der Waals surface area contributed by atoms with Crippen LogP contribution >= 0.6 is 22.9 Å². The molecule has 2 amide bonds. The molecule has 3 rings (SSSR count). The highest BCUT2D eigenvalue weighted by Gasteiger charge is 2.10. The van der Waals surface area contributed by atoms with Crippen molar-refractivity contribution >= 4 is 46.5 Å². The van der Waals surface area contributed by atoms with E-state index < -0.39 is 17.6 Å². The third kappa shape index (κ3) is 4.81. The Morgan fingerprint density at radius 2 is 1.81 bits per heavy atom. The van der Waals surface area contributed by atoms with E-state index in [1.54, 1.807) is 6.08 Å². The van der Waals surface area contributed by atoms with E-state index in [0.717, 1.165) is 21.4 Å². The number of nitrogens with one attached hydrogen (secondary N) is 1. The zero-order chi connectivity index (χ0) is 19.4. The Morgan fingerprint density at radius 3 is 2.52 bits per heavy atom. The summed E-state index contributed by atoms with van der Waals surface area (Å²) in [5.74, 6) is -2.03. The zero-order valence-electron chi connectivity index (χ0n) is 13.9. The van der Waals surface area contributed by atoms with E-state index >= 15 is 0 Å². The van der Waals surface area contributed by atoms with Gasteiger partial charge in [-0.2, -0.15) is 0 Å². The summed E-state index contributed by atoms with van der Waals surface area (Å²) in [7, 11) is 0. The van der Waals surface area contributed by atoms with Crippen LogP contribution in [0.5, 0.6) is 0 Å². The van der Waals surface area contributed by atoms with E-state index in [2.05, 4.69) is 5.32 Å². The number of hydrogen-bond acceptors (Lipinski definition) is 3. The molecule has 0 bridgehead atoms. The number of thiophene rings is 1. The van der Waals surface area contributed by atoms with E-state index in [-0.39, 0.29) is 11.3 Å². The summed E-state index contributed by atoms with van der Waals surface area (Å²) < 4.78 is 13.5. The van der Waals surface area contributed by atoms with Gasteiger partial charge in [0, 0.05) is 26.5 Å². The summed E-state index contributed by atoms with van der Waals surface area (Å²) in [6.45, 7) is 0. The number of carbonyl (C=O) groups is 2. The smallest absolute Gasteiger partial charge is 0.251 e. The molecule has 1 aromatic heterocycles. The number of anilines is 1. The molecule has 0 atom stereocenters. The lowest BCUT2D eigenvalue weighted by molar-refractivity contribution is -0.111. The summed E-state index contributed by atoms with van der Waals surface area (Å²) >= 11 is 7.42. The van der Waals surface area contributed by atoms with Crippen LogP contribution in [0.25, 0.3) is 16.5 Å². The first-order valence-electron chi connectivity index (χ1n) is 7.86. The molecule has 27 heavy (non-hydrogen) atoms. The topological polar surface area (TPSA) is 72.2 Å². The van der Waals surface area contributed by atoms with Gasteiger partial charge in [-0.3, -0.25) is 9.59 Å². The minimum absolute atomic E-state index is 0.275. The molecule has 2 aromatic carbocycles. The first-order valence-corrected chi connectivity index (χ1v) is 9.06. The maximum absolute atomic E-state index is 13.5. The molecule has 136 valence electrons. The van der Waals surface area contributed by atoms with Gasteiger partial charge in [0.15, 0.2) is 0 Å². The van der Waals surface area contributed by atoms with Crippen LogP contribution in [0.4, 0.5) is 10.1 Å². The Bertz CT molecular complexity index is 1030. The highest BCUT2D eigenvalue weighted by molar-refractivity contribution is 7.16. The normalized spacial score (nSPS) is 10.9. The Balaban J connectivity index is 1.68. The van der Waals surface area contributed by atoms with Crippen LogP contribution in [0.3, 0.4) is 0 Å². The Labute approximate surface area is 164 Å². The fourth-order valence-electron chi connectivity index (χ4n) is 2.35. The molecule has 0 spiro atoms. The summed E-state index contributed by atoms with van der Waals surface area (Å²) in [5, 5.41) is 3.24. The molecule has 3 aromatic rings. The largest absolute Gasteiger partial charge is 0.366 e. The molecule has 4 nitrogen and oxygen atoms in total. The van der Waals surface area contributed by atoms with Crippen molar-refractivity contribution in [3.63, 3.8) is 0 Å². The van der Waals surface area contributed by atoms with Crippen LogP contribution in [0, 0.1) is 5.82 Å². The lowest BCUT2D eigenvalue weighted by Crippen LogP contribution is -2.14. The predicted molar refractivity (Wildman–Crippen MR) is 107 cm³/mol. The van der Waals surface area contributed by atoms with Crippen molar-refractivity contribution in [1.82, 2.24) is 0 Å². The number of amides is 2. The second-order valence-electron chi connectivity index (χ2n) is 5.59. The minimum atomic E-state index is -0.896. The van der Waals surface area contributed by atoms with Crippen LogP contribution in [0.2, 0.25) is 5.02 Å². The van der Waals surface area contributed by atoms with Gasteiger partial charge in [0.1, 0.15) is 5.82 Å². The summed E-state index contributed by atoms with van der Waals surface area (Å²) in [4.78, 5) is 25.2. The molecule has 0 aliphatic carbocycles. The van der Waals surface area contributed by atoms with Gasteiger partial charge in [-0.25, -0.2) is 4.39 Å². The monoisotopic (exact) mass is 400 g/mol. The van der Waals surface area contributed by atoms with Crippen LogP contribution in [-0.2, 0) is 4.79 Å². The lowest BCUT2D eigenvalue weighted by atomic mass is 10.2. The second-order valence-corrected chi connectivity index (χ2v) is 7.14. The molecule has 0 saturated heterocycles. The van der Waals surface area contributed by atoms with E-state index in [9.17, 15) is 14.0 Å². The van der Waals surface area contributed by atoms with Crippen molar-refractivity contribution in [3.8, 4) is 10.4 Å². The van der Waals surface area contributed by atoms with Gasteiger partial charge in [-0.1, -0.05) is 23.7 Å². The number of benzene rings is 2. The fourth-order valence-corrected chi connectivity index (χ4v) is 3.39. The maximum atomic E-state index is 13.5. The SMILES string of the molecule is NC(=O)c1cc(NC(=O)/C=C/c2ccc(-c3ccc(Cl)cc3)s2)ccc1F. The number of halogens is 2. The van der Waals surface area contributed by atoms with Gasteiger partial charge in [0.2, 0.25) is 5.91 Å². The van der Waals surface area contributed by atoms with Gasteiger partial charge in [-0.15, -0.1) is 11.3 Å². The quantitative estimate of drug-likeness (QED) is 0.594. The average molecular weight is 401 g/mol. The van der Waals surface area contributed by atoms with Crippen LogP contribution in [0.1, 0.15) is 15.2 Å². The van der Waals surface area contributed by atoms with Crippen molar-refractivity contribution in [2.75, 3.05) is 5.32 Å². The van der Waals surface area contributed by atoms with Gasteiger partial charge in [0.25, 0.3) is 5.91 Å². The highest BCUT2D eigenvalue weighted by Crippen LogP contribution is 2.29. The molecule has 0 aliphatic heterocycles. The van der Waals surface area contributed by atoms with Gasteiger partial charge in [-0.05, 0) is 54.1 Å². The van der Waals surface area contributed by atoms with Gasteiger partial charge < -0.3 is 11.1 Å². The molecule has 1 heterocycles. The van der Waals surface area contributed by atoms with Gasteiger partial charge >= 0.3 is 0 Å². The number of carbonyl (C=O) groups excluding carboxylic acids is 2. The number of primary amides is 1. The third-order valence-electron chi connectivity index (χ3n) is 3.65.